The second kappa shape index (κ2) is 8.96. The van der Waals surface area contributed by atoms with Gasteiger partial charge < -0.3 is 15.5 Å². The molecule has 0 saturated heterocycles. The zero-order valence-electron chi connectivity index (χ0n) is 2.59. The molecule has 0 atom stereocenters. The van der Waals surface area contributed by atoms with Crippen LogP contribution in [0.3, 0.4) is 0 Å². The molecule has 0 rings (SSSR count). The first-order valence-electron chi connectivity index (χ1n) is 0.694. The van der Waals surface area contributed by atoms with Crippen molar-refractivity contribution in [3.8, 4) is 0 Å². The van der Waals surface area contributed by atoms with Crippen LogP contribution < -0.4 is 0 Å². The fourth-order valence-corrected chi connectivity index (χ4v) is 0. The van der Waals surface area contributed by atoms with E-state index in [9.17, 15) is 0 Å². The first-order chi connectivity index (χ1) is 1.91. The van der Waals surface area contributed by atoms with Crippen LogP contribution in [-0.2, 0) is 24.3 Å². The third kappa shape index (κ3) is 15.4. The normalized spacial score (nSPS) is 4.20. The molecule has 0 aliphatic carbocycles. The Hall–Kier alpha value is 0.0534. The van der Waals surface area contributed by atoms with E-state index in [4.69, 9.17) is 10.0 Å². The first-order valence-corrected chi connectivity index (χ1v) is 0.694. The quantitative estimate of drug-likeness (QED) is 0.230. The van der Waals surface area contributed by atoms with Crippen molar-refractivity contribution in [2.24, 2.45) is 0 Å². The van der Waals surface area contributed by atoms with Gasteiger partial charge in [-0.25, -0.2) is 0 Å². The zero-order valence-corrected chi connectivity index (χ0v) is 5.55. The van der Waals surface area contributed by atoms with Crippen molar-refractivity contribution in [3.63, 3.8) is 0 Å². The van der Waals surface area contributed by atoms with Crippen LogP contribution in [0.2, 0.25) is 0 Å². The van der Waals surface area contributed by atoms with Crippen molar-refractivity contribution in [1.82, 2.24) is 0 Å². The number of carbonyl (C=O) groups excluding carboxylic acids is 1. The van der Waals surface area contributed by atoms with Gasteiger partial charge in [-0.05, 0) is 0 Å². The number of nitrogens with zero attached hydrogens (tertiary/aromatic N) is 1. The monoisotopic (exact) mass is 124 g/mol. The summed E-state index contributed by atoms with van der Waals surface area (Å²) in [6.07, 6.45) is 0.0556. The Morgan fingerprint density at radius 2 is 2.00 bits per heavy atom. The van der Waals surface area contributed by atoms with Crippen molar-refractivity contribution in [3.05, 3.63) is 5.48 Å². The Balaban J connectivity index is 0. The minimum absolute atomic E-state index is 0. The first kappa shape index (κ1) is 8.91. The maximum Gasteiger partial charge on any atom is 0.0568 e. The van der Waals surface area contributed by atoms with Gasteiger partial charge in [-0.15, -0.1) is 0 Å². The molecule has 0 fully saturated rings. The van der Waals surface area contributed by atoms with E-state index in [2.05, 4.69) is 5.48 Å². The molecule has 0 radical (unpaired) electrons. The Morgan fingerprint density at radius 3 is 2.00 bits per heavy atom. The van der Waals surface area contributed by atoms with Gasteiger partial charge in [0, 0.05) is 19.5 Å². The molecule has 0 bridgehead atoms. The Bertz CT molecular complexity index is 23.6. The third-order valence-corrected chi connectivity index (χ3v) is 0.0471. The maximum absolute atomic E-state index is 8.76. The van der Waals surface area contributed by atoms with Crippen LogP contribution in [0.4, 0.5) is 0 Å². The summed E-state index contributed by atoms with van der Waals surface area (Å²) in [6, 6.07) is 0. The maximum atomic E-state index is 8.76. The largest absolute Gasteiger partial charge is 0.537 e. The predicted molar refractivity (Wildman–Crippen MR) is 11.2 cm³/mol. The fourth-order valence-electron chi connectivity index (χ4n) is 0. The summed E-state index contributed by atoms with van der Waals surface area (Å²) < 4.78 is 0. The third-order valence-electron chi connectivity index (χ3n) is 0.0471. The van der Waals surface area contributed by atoms with Gasteiger partial charge in [0.05, 0.1) is 6.41 Å². The van der Waals surface area contributed by atoms with Gasteiger partial charge in [0.25, 0.3) is 0 Å². The van der Waals surface area contributed by atoms with Crippen molar-refractivity contribution in [2.45, 2.75) is 0 Å². The number of hydrogen-bond donors (Lipinski definition) is 1. The molecule has 0 aliphatic rings. The molecule has 26 valence electrons. The molecule has 0 saturated carbocycles. The van der Waals surface area contributed by atoms with Crippen LogP contribution in [0.15, 0.2) is 0 Å². The topological polar surface area (TPSA) is 51.4 Å². The Labute approximate surface area is 42.1 Å². The fraction of sp³-hybridized carbons (Fsp3) is 0. The van der Waals surface area contributed by atoms with Gasteiger partial charge in [-0.1, -0.05) is 0 Å². The number of hydroxylamine groups is 1. The molecular formula is CH2NO2Zn-. The average Bonchev–Trinajstić information content (AvgIpc) is 1.37. The minimum Gasteiger partial charge on any atom is -0.537 e. The SMILES string of the molecule is O=C[N-]O.[Zn]. The van der Waals surface area contributed by atoms with E-state index in [-0.39, 0.29) is 25.9 Å². The smallest absolute Gasteiger partial charge is 0.0568 e. The van der Waals surface area contributed by atoms with Gasteiger partial charge in [0.2, 0.25) is 0 Å². The molecule has 0 unspecified atom stereocenters. The van der Waals surface area contributed by atoms with Gasteiger partial charge in [0.15, 0.2) is 0 Å². The molecule has 4 heteroatoms. The van der Waals surface area contributed by atoms with Crippen LogP contribution in [0, 0.1) is 0 Å². The number of rotatable bonds is 1. The van der Waals surface area contributed by atoms with Crippen molar-refractivity contribution >= 4 is 6.41 Å². The van der Waals surface area contributed by atoms with Gasteiger partial charge in [0.1, 0.15) is 0 Å². The number of carbonyl (C=O) groups is 1. The summed E-state index contributed by atoms with van der Waals surface area (Å²) in [6.45, 7) is 0. The molecule has 0 aliphatic heterocycles. The Morgan fingerprint density at radius 1 is 1.80 bits per heavy atom. The summed E-state index contributed by atoms with van der Waals surface area (Å²) in [4.78, 5) is 8.76. The van der Waals surface area contributed by atoms with E-state index in [1.165, 1.54) is 0 Å². The van der Waals surface area contributed by atoms with E-state index in [0.717, 1.165) is 0 Å². The van der Waals surface area contributed by atoms with Crippen molar-refractivity contribution < 1.29 is 29.5 Å². The Kier molecular flexibility index (Phi) is 16.0. The van der Waals surface area contributed by atoms with Gasteiger partial charge in [-0.2, -0.15) is 0 Å². The summed E-state index contributed by atoms with van der Waals surface area (Å²) in [5.74, 6) is 0. The van der Waals surface area contributed by atoms with E-state index in [1.54, 1.807) is 0 Å². The summed E-state index contributed by atoms with van der Waals surface area (Å²) >= 11 is 0. The van der Waals surface area contributed by atoms with Gasteiger partial charge >= 0.3 is 0 Å². The van der Waals surface area contributed by atoms with E-state index in [1.807, 2.05) is 0 Å². The van der Waals surface area contributed by atoms with Crippen LogP contribution in [-0.4, -0.2) is 11.6 Å². The average molecular weight is 125 g/mol. The minimum atomic E-state index is 0. The molecule has 0 aromatic heterocycles. The van der Waals surface area contributed by atoms with E-state index in [0.29, 0.717) is 0 Å². The van der Waals surface area contributed by atoms with Crippen molar-refractivity contribution in [1.29, 1.82) is 0 Å². The molecule has 0 aromatic rings. The molecule has 1 N–H and O–H groups in total. The standard InChI is InChI=1S/CH3NO2.Zn/c3-1-2-4;/h1H,(H2,2,3,4);/p-1. The second-order valence-electron chi connectivity index (χ2n) is 0.221. The molecular weight excluding hydrogens is 123 g/mol. The van der Waals surface area contributed by atoms with Crippen LogP contribution in [0.5, 0.6) is 0 Å². The van der Waals surface area contributed by atoms with E-state index < -0.39 is 0 Å². The summed E-state index contributed by atoms with van der Waals surface area (Å²) in [5, 5.41) is 7.13. The van der Waals surface area contributed by atoms with Crippen LogP contribution >= 0.6 is 0 Å². The van der Waals surface area contributed by atoms with Gasteiger partial charge in [-0.3, -0.25) is 0 Å². The molecule has 0 aromatic carbocycles. The molecule has 5 heavy (non-hydrogen) atoms. The van der Waals surface area contributed by atoms with Crippen LogP contribution in [0.1, 0.15) is 0 Å². The predicted octanol–water partition coefficient (Wildman–Crippen LogP) is -0.0968. The summed E-state index contributed by atoms with van der Waals surface area (Å²) in [5.41, 5.74) is 2.06. The molecule has 3 nitrogen and oxygen atoms in total. The zero-order chi connectivity index (χ0) is 3.41. The molecule has 0 spiro atoms. The van der Waals surface area contributed by atoms with Crippen molar-refractivity contribution in [2.75, 3.05) is 0 Å². The number of amides is 1. The molecule has 0 heterocycles. The summed E-state index contributed by atoms with van der Waals surface area (Å²) in [7, 11) is 0. The second-order valence-corrected chi connectivity index (χ2v) is 0.221. The molecule has 1 amide bonds. The van der Waals surface area contributed by atoms with Crippen LogP contribution in [0.25, 0.3) is 5.48 Å². The number of hydrogen-bond acceptors (Lipinski definition) is 2. The van der Waals surface area contributed by atoms with E-state index >= 15 is 0 Å².